The second kappa shape index (κ2) is 9.92. The third-order valence-corrected chi connectivity index (χ3v) is 6.70. The molecule has 0 spiro atoms. The Morgan fingerprint density at radius 2 is 1.83 bits per heavy atom. The molecule has 0 aliphatic heterocycles. The molecule has 30 heavy (non-hydrogen) atoms. The smallest absolute Gasteiger partial charge is 0.234 e. The van der Waals surface area contributed by atoms with Crippen LogP contribution in [-0.2, 0) is 18.4 Å². The van der Waals surface area contributed by atoms with Gasteiger partial charge in [0.15, 0.2) is 11.0 Å². The molecular weight excluding hydrogens is 467 g/mol. The number of ether oxygens (including phenoxy) is 1. The van der Waals surface area contributed by atoms with Crippen LogP contribution in [0.15, 0.2) is 35.5 Å². The van der Waals surface area contributed by atoms with Crippen molar-refractivity contribution >= 4 is 58.2 Å². The first-order valence-electron chi connectivity index (χ1n) is 8.90. The molecule has 0 atom stereocenters. The average Bonchev–Trinajstić information content (AvgIpc) is 3.06. The van der Waals surface area contributed by atoms with Gasteiger partial charge in [0.25, 0.3) is 0 Å². The van der Waals surface area contributed by atoms with E-state index in [2.05, 4.69) is 15.5 Å². The number of hydrogen-bond acceptors (Lipinski definition) is 5. The van der Waals surface area contributed by atoms with E-state index in [1.807, 2.05) is 33.0 Å². The topological polar surface area (TPSA) is 69.0 Å². The summed E-state index contributed by atoms with van der Waals surface area (Å²) in [5.74, 6) is 1.27. The predicted molar refractivity (Wildman–Crippen MR) is 122 cm³/mol. The summed E-state index contributed by atoms with van der Waals surface area (Å²) in [6.45, 7) is 4.11. The first kappa shape index (κ1) is 22.7. The Bertz CT molecular complexity index is 1060. The fraction of sp³-hybridized carbons (Fsp3) is 0.250. The van der Waals surface area contributed by atoms with E-state index in [4.69, 9.17) is 39.5 Å². The number of amides is 1. The van der Waals surface area contributed by atoms with Crippen LogP contribution in [0.4, 0.5) is 5.69 Å². The maximum Gasteiger partial charge on any atom is 0.234 e. The van der Waals surface area contributed by atoms with Crippen LogP contribution in [0, 0.1) is 13.8 Å². The number of carbonyl (C=O) groups is 1. The highest BCUT2D eigenvalue weighted by molar-refractivity contribution is 7.99. The van der Waals surface area contributed by atoms with Crippen molar-refractivity contribution < 1.29 is 9.53 Å². The Morgan fingerprint density at radius 3 is 2.53 bits per heavy atom. The lowest BCUT2D eigenvalue weighted by atomic mass is 10.1. The first-order valence-corrected chi connectivity index (χ1v) is 11.0. The van der Waals surface area contributed by atoms with Gasteiger partial charge in [0, 0.05) is 12.1 Å². The first-order chi connectivity index (χ1) is 14.3. The largest absolute Gasteiger partial charge is 0.486 e. The molecule has 0 saturated carbocycles. The van der Waals surface area contributed by atoms with E-state index < -0.39 is 0 Å². The van der Waals surface area contributed by atoms with E-state index in [1.165, 1.54) is 11.8 Å². The summed E-state index contributed by atoms with van der Waals surface area (Å²) in [6.07, 6.45) is 0. The molecule has 0 radical (unpaired) electrons. The van der Waals surface area contributed by atoms with Gasteiger partial charge in [0.2, 0.25) is 5.91 Å². The van der Waals surface area contributed by atoms with Crippen LogP contribution in [0.1, 0.15) is 17.0 Å². The molecule has 1 N–H and O–H groups in total. The van der Waals surface area contributed by atoms with E-state index in [9.17, 15) is 4.79 Å². The number of rotatable bonds is 7. The van der Waals surface area contributed by atoms with Crippen LogP contribution in [0.5, 0.6) is 5.75 Å². The number of hydrogen-bond donors (Lipinski definition) is 1. The minimum absolute atomic E-state index is 0.144. The molecule has 0 saturated heterocycles. The molecule has 1 aromatic heterocycles. The van der Waals surface area contributed by atoms with Crippen LogP contribution in [0.2, 0.25) is 15.1 Å². The highest BCUT2D eigenvalue weighted by Crippen LogP contribution is 2.30. The number of aryl methyl sites for hydroxylation is 2. The number of nitrogens with one attached hydrogen (secondary N) is 1. The Balaban J connectivity index is 1.57. The van der Waals surface area contributed by atoms with Crippen molar-refractivity contribution in [2.45, 2.75) is 25.6 Å². The van der Waals surface area contributed by atoms with Crippen molar-refractivity contribution in [2.75, 3.05) is 11.1 Å². The van der Waals surface area contributed by atoms with Crippen molar-refractivity contribution in [1.82, 2.24) is 14.8 Å². The van der Waals surface area contributed by atoms with Gasteiger partial charge in [-0.1, -0.05) is 52.6 Å². The Labute approximate surface area is 193 Å². The summed E-state index contributed by atoms with van der Waals surface area (Å²) in [5.41, 5.74) is 2.37. The number of thioether (sulfide) groups is 1. The Morgan fingerprint density at radius 1 is 1.13 bits per heavy atom. The molecule has 10 heteroatoms. The van der Waals surface area contributed by atoms with E-state index in [0.717, 1.165) is 16.1 Å². The molecule has 6 nitrogen and oxygen atoms in total. The number of aromatic nitrogens is 3. The summed E-state index contributed by atoms with van der Waals surface area (Å²) in [4.78, 5) is 12.2. The summed E-state index contributed by atoms with van der Waals surface area (Å²) in [7, 11) is 1.82. The quantitative estimate of drug-likeness (QED) is 0.435. The monoisotopic (exact) mass is 484 g/mol. The third-order valence-electron chi connectivity index (χ3n) is 4.26. The zero-order valence-corrected chi connectivity index (χ0v) is 19.6. The van der Waals surface area contributed by atoms with E-state index in [0.29, 0.717) is 32.5 Å². The number of benzene rings is 2. The lowest BCUT2D eigenvalue weighted by Gasteiger charge is -2.10. The van der Waals surface area contributed by atoms with Gasteiger partial charge in [-0.3, -0.25) is 4.79 Å². The molecule has 2 aromatic carbocycles. The minimum Gasteiger partial charge on any atom is -0.486 e. The number of halogens is 3. The van der Waals surface area contributed by atoms with Crippen molar-refractivity contribution in [1.29, 1.82) is 0 Å². The van der Waals surface area contributed by atoms with Crippen LogP contribution in [-0.4, -0.2) is 26.4 Å². The van der Waals surface area contributed by atoms with Crippen molar-refractivity contribution in [3.63, 3.8) is 0 Å². The van der Waals surface area contributed by atoms with Gasteiger partial charge < -0.3 is 14.6 Å². The van der Waals surface area contributed by atoms with Crippen molar-refractivity contribution in [2.24, 2.45) is 7.05 Å². The van der Waals surface area contributed by atoms with E-state index >= 15 is 0 Å². The van der Waals surface area contributed by atoms with E-state index in [1.54, 1.807) is 22.8 Å². The summed E-state index contributed by atoms with van der Waals surface area (Å²) in [6, 6.07) is 8.83. The van der Waals surface area contributed by atoms with Gasteiger partial charge in [-0.2, -0.15) is 0 Å². The lowest BCUT2D eigenvalue weighted by molar-refractivity contribution is -0.113. The predicted octanol–water partition coefficient (Wildman–Crippen LogP) is 5.70. The lowest BCUT2D eigenvalue weighted by Crippen LogP contribution is -2.15. The molecule has 158 valence electrons. The number of nitrogens with zero attached hydrogens (tertiary/aromatic N) is 3. The Hall–Kier alpha value is -1.93. The molecule has 0 unspecified atom stereocenters. The highest BCUT2D eigenvalue weighted by atomic mass is 35.5. The minimum atomic E-state index is -0.225. The van der Waals surface area contributed by atoms with Gasteiger partial charge >= 0.3 is 0 Å². The van der Waals surface area contributed by atoms with Crippen LogP contribution in [0.3, 0.4) is 0 Å². The van der Waals surface area contributed by atoms with Crippen molar-refractivity contribution in [3.05, 3.63) is 62.4 Å². The summed E-state index contributed by atoms with van der Waals surface area (Å²) >= 11 is 19.5. The molecule has 3 rings (SSSR count). The molecule has 0 bridgehead atoms. The van der Waals surface area contributed by atoms with Gasteiger partial charge in [0.05, 0.1) is 21.5 Å². The van der Waals surface area contributed by atoms with Gasteiger partial charge in [0.1, 0.15) is 12.4 Å². The molecular formula is C20H19Cl3N4O2S. The third kappa shape index (κ3) is 5.40. The molecule has 3 aromatic rings. The highest BCUT2D eigenvalue weighted by Gasteiger charge is 2.14. The zero-order valence-electron chi connectivity index (χ0n) is 16.5. The Kier molecular flexibility index (Phi) is 7.52. The summed E-state index contributed by atoms with van der Waals surface area (Å²) < 4.78 is 7.63. The molecule has 0 aliphatic carbocycles. The van der Waals surface area contributed by atoms with Gasteiger partial charge in [-0.05, 0) is 49.2 Å². The van der Waals surface area contributed by atoms with Crippen LogP contribution < -0.4 is 10.1 Å². The molecule has 1 amide bonds. The van der Waals surface area contributed by atoms with Gasteiger partial charge in [-0.15, -0.1) is 10.2 Å². The second-order valence-electron chi connectivity index (χ2n) is 6.56. The fourth-order valence-electron chi connectivity index (χ4n) is 2.65. The van der Waals surface area contributed by atoms with Crippen LogP contribution in [0.25, 0.3) is 0 Å². The summed E-state index contributed by atoms with van der Waals surface area (Å²) in [5, 5.41) is 13.1. The van der Waals surface area contributed by atoms with Crippen molar-refractivity contribution in [3.8, 4) is 5.75 Å². The SMILES string of the molecule is Cc1cc(OCc2nnc(SCC(=O)Nc3cccc(Cl)c3Cl)n2C)cc(C)c1Cl. The van der Waals surface area contributed by atoms with E-state index in [-0.39, 0.29) is 18.3 Å². The molecule has 0 aliphatic rings. The average molecular weight is 486 g/mol. The molecule has 0 fully saturated rings. The fourth-order valence-corrected chi connectivity index (χ4v) is 3.84. The number of anilines is 1. The zero-order chi connectivity index (χ0) is 21.8. The normalized spacial score (nSPS) is 10.9. The maximum absolute atomic E-state index is 12.2. The van der Waals surface area contributed by atoms with Gasteiger partial charge in [-0.25, -0.2) is 0 Å². The maximum atomic E-state index is 12.2. The number of carbonyl (C=O) groups excluding carboxylic acids is 1. The standard InChI is InChI=1S/C20H19Cl3N4O2S/c1-11-7-13(8-12(2)18(11)22)29-9-16-25-26-20(27(16)3)30-10-17(28)24-15-6-4-5-14(21)19(15)23/h4-8H,9-10H2,1-3H3,(H,24,28). The second-order valence-corrected chi connectivity index (χ2v) is 8.66. The van der Waals surface area contributed by atoms with Crippen LogP contribution >= 0.6 is 46.6 Å². The molecule has 1 heterocycles.